The number of hydrogen-bond donors (Lipinski definition) is 0. The monoisotopic (exact) mass is 356 g/mol. The molecule has 0 atom stereocenters. The van der Waals surface area contributed by atoms with Crippen LogP contribution < -0.4 is 4.74 Å². The van der Waals surface area contributed by atoms with E-state index >= 15 is 0 Å². The highest BCUT2D eigenvalue weighted by atomic mass is 79.9. The van der Waals surface area contributed by atoms with Gasteiger partial charge in [-0.25, -0.2) is 4.39 Å². The van der Waals surface area contributed by atoms with Gasteiger partial charge in [0.2, 0.25) is 0 Å². The minimum atomic E-state index is -0.271. The normalized spacial score (nSPS) is 10.7. The van der Waals surface area contributed by atoms with Crippen molar-refractivity contribution in [3.05, 3.63) is 62.9 Å². The van der Waals surface area contributed by atoms with Crippen molar-refractivity contribution < 1.29 is 9.13 Å². The maximum Gasteiger partial charge on any atom is 0.130 e. The third-order valence-corrected chi connectivity index (χ3v) is 3.86. The van der Waals surface area contributed by atoms with E-state index in [1.165, 1.54) is 6.07 Å². The number of halogens is 3. The summed E-state index contributed by atoms with van der Waals surface area (Å²) in [6, 6.07) is 8.95. The van der Waals surface area contributed by atoms with E-state index in [9.17, 15) is 4.39 Å². The van der Waals surface area contributed by atoms with Gasteiger partial charge in [0.05, 0.1) is 0 Å². The molecule has 1 nitrogen and oxygen atoms in total. The standard InChI is InChI=1S/C16H15BrClFO/c1-10-5-12(8-18)6-11(2)16(10)20-9-13-3-4-14(17)7-15(13)19/h3-7H,8-9H2,1-2H3. The van der Waals surface area contributed by atoms with Gasteiger partial charge in [-0.05, 0) is 42.7 Å². The molecule has 0 N–H and O–H groups in total. The molecule has 0 heterocycles. The molecular weight excluding hydrogens is 343 g/mol. The fourth-order valence-corrected chi connectivity index (χ4v) is 2.62. The van der Waals surface area contributed by atoms with E-state index in [4.69, 9.17) is 16.3 Å². The molecule has 0 fully saturated rings. The second-order valence-corrected chi connectivity index (χ2v) is 5.90. The lowest BCUT2D eigenvalue weighted by Gasteiger charge is -2.14. The molecule has 2 aromatic carbocycles. The average Bonchev–Trinajstić information content (AvgIpc) is 2.39. The maximum atomic E-state index is 13.7. The van der Waals surface area contributed by atoms with Gasteiger partial charge in [-0.2, -0.15) is 0 Å². The summed E-state index contributed by atoms with van der Waals surface area (Å²) in [7, 11) is 0. The van der Waals surface area contributed by atoms with E-state index in [0.29, 0.717) is 11.4 Å². The lowest BCUT2D eigenvalue weighted by atomic mass is 10.1. The minimum Gasteiger partial charge on any atom is -0.488 e. The summed E-state index contributed by atoms with van der Waals surface area (Å²) < 4.78 is 20.2. The second-order valence-electron chi connectivity index (χ2n) is 4.72. The fraction of sp³-hybridized carbons (Fsp3) is 0.250. The van der Waals surface area contributed by atoms with Crippen molar-refractivity contribution in [3.8, 4) is 5.75 Å². The van der Waals surface area contributed by atoms with Gasteiger partial charge in [-0.15, -0.1) is 11.6 Å². The maximum absolute atomic E-state index is 13.7. The Bertz CT molecular complexity index is 605. The first-order valence-corrected chi connectivity index (χ1v) is 7.57. The highest BCUT2D eigenvalue weighted by Crippen LogP contribution is 2.27. The van der Waals surface area contributed by atoms with Gasteiger partial charge in [0.25, 0.3) is 0 Å². The number of ether oxygens (including phenoxy) is 1. The molecule has 4 heteroatoms. The van der Waals surface area contributed by atoms with E-state index in [1.807, 2.05) is 26.0 Å². The molecule has 0 amide bonds. The molecule has 0 spiro atoms. The Morgan fingerprint density at radius 1 is 1.15 bits per heavy atom. The van der Waals surface area contributed by atoms with E-state index in [-0.39, 0.29) is 12.4 Å². The van der Waals surface area contributed by atoms with Crippen molar-refractivity contribution in [2.45, 2.75) is 26.3 Å². The second kappa shape index (κ2) is 6.59. The smallest absolute Gasteiger partial charge is 0.130 e. The van der Waals surface area contributed by atoms with Crippen LogP contribution in [0, 0.1) is 19.7 Å². The summed E-state index contributed by atoms with van der Waals surface area (Å²) in [5.41, 5.74) is 3.62. The lowest BCUT2D eigenvalue weighted by molar-refractivity contribution is 0.295. The molecule has 20 heavy (non-hydrogen) atoms. The molecule has 0 radical (unpaired) electrons. The van der Waals surface area contributed by atoms with Crippen molar-refractivity contribution in [3.63, 3.8) is 0 Å². The van der Waals surface area contributed by atoms with Crippen LogP contribution in [-0.4, -0.2) is 0 Å². The Morgan fingerprint density at radius 3 is 2.35 bits per heavy atom. The predicted molar refractivity (Wildman–Crippen MR) is 83.9 cm³/mol. The molecular formula is C16H15BrClFO. The molecule has 0 aliphatic carbocycles. The van der Waals surface area contributed by atoms with Crippen LogP contribution >= 0.6 is 27.5 Å². The van der Waals surface area contributed by atoms with Crippen molar-refractivity contribution >= 4 is 27.5 Å². The average molecular weight is 358 g/mol. The van der Waals surface area contributed by atoms with E-state index in [2.05, 4.69) is 15.9 Å². The third kappa shape index (κ3) is 3.53. The summed E-state index contributed by atoms with van der Waals surface area (Å²) in [6.45, 7) is 4.15. The molecule has 0 saturated heterocycles. The lowest BCUT2D eigenvalue weighted by Crippen LogP contribution is -2.02. The number of benzene rings is 2. The van der Waals surface area contributed by atoms with Crippen LogP contribution in [0.4, 0.5) is 4.39 Å². The molecule has 0 aliphatic heterocycles. The van der Waals surface area contributed by atoms with Crippen molar-refractivity contribution in [1.29, 1.82) is 0 Å². The van der Waals surface area contributed by atoms with Gasteiger partial charge >= 0.3 is 0 Å². The molecule has 0 saturated carbocycles. The van der Waals surface area contributed by atoms with Crippen molar-refractivity contribution in [1.82, 2.24) is 0 Å². The Labute approximate surface area is 131 Å². The van der Waals surface area contributed by atoms with Gasteiger partial charge in [0.15, 0.2) is 0 Å². The Kier molecular flexibility index (Phi) is 5.06. The Balaban J connectivity index is 2.19. The van der Waals surface area contributed by atoms with Crippen LogP contribution in [0.5, 0.6) is 5.75 Å². The fourth-order valence-electron chi connectivity index (χ4n) is 2.13. The number of aryl methyl sites for hydroxylation is 2. The van der Waals surface area contributed by atoms with Gasteiger partial charge < -0.3 is 4.74 Å². The largest absolute Gasteiger partial charge is 0.488 e. The van der Waals surface area contributed by atoms with E-state index in [1.54, 1.807) is 12.1 Å². The Morgan fingerprint density at radius 2 is 1.80 bits per heavy atom. The highest BCUT2D eigenvalue weighted by Gasteiger charge is 2.09. The number of rotatable bonds is 4. The summed E-state index contributed by atoms with van der Waals surface area (Å²) >= 11 is 9.08. The highest BCUT2D eigenvalue weighted by molar-refractivity contribution is 9.10. The van der Waals surface area contributed by atoms with Crippen molar-refractivity contribution in [2.75, 3.05) is 0 Å². The van der Waals surface area contributed by atoms with Gasteiger partial charge in [-0.1, -0.05) is 34.1 Å². The van der Waals surface area contributed by atoms with Crippen LogP contribution in [-0.2, 0) is 12.5 Å². The predicted octanol–water partition coefficient (Wildman–Crippen LogP) is 5.52. The zero-order valence-electron chi connectivity index (χ0n) is 11.3. The first kappa shape index (κ1) is 15.3. The Hall–Kier alpha value is -1.06. The topological polar surface area (TPSA) is 9.23 Å². The van der Waals surface area contributed by atoms with Crippen molar-refractivity contribution in [2.24, 2.45) is 0 Å². The SMILES string of the molecule is Cc1cc(CCl)cc(C)c1OCc1ccc(Br)cc1F. The number of hydrogen-bond acceptors (Lipinski definition) is 1. The number of alkyl halides is 1. The summed E-state index contributed by atoms with van der Waals surface area (Å²) in [5.74, 6) is 0.997. The van der Waals surface area contributed by atoms with Crippen LogP contribution in [0.3, 0.4) is 0 Å². The first-order chi connectivity index (χ1) is 9.51. The molecule has 2 aromatic rings. The quantitative estimate of drug-likeness (QED) is 0.654. The molecule has 2 rings (SSSR count). The minimum absolute atomic E-state index is 0.209. The zero-order chi connectivity index (χ0) is 14.7. The third-order valence-electron chi connectivity index (χ3n) is 3.06. The molecule has 106 valence electrons. The summed E-state index contributed by atoms with van der Waals surface area (Å²) in [5, 5.41) is 0. The van der Waals surface area contributed by atoms with Crippen LogP contribution in [0.2, 0.25) is 0 Å². The van der Waals surface area contributed by atoms with Gasteiger partial charge in [0, 0.05) is 15.9 Å². The molecule has 0 unspecified atom stereocenters. The molecule has 0 aromatic heterocycles. The molecule has 0 bridgehead atoms. The summed E-state index contributed by atoms with van der Waals surface area (Å²) in [6.07, 6.45) is 0. The zero-order valence-corrected chi connectivity index (χ0v) is 13.7. The van der Waals surface area contributed by atoms with Crippen LogP contribution in [0.15, 0.2) is 34.8 Å². The van der Waals surface area contributed by atoms with E-state index < -0.39 is 0 Å². The summed E-state index contributed by atoms with van der Waals surface area (Å²) in [4.78, 5) is 0. The van der Waals surface area contributed by atoms with Gasteiger partial charge in [-0.3, -0.25) is 0 Å². The van der Waals surface area contributed by atoms with Crippen LogP contribution in [0.25, 0.3) is 0 Å². The van der Waals surface area contributed by atoms with Crippen LogP contribution in [0.1, 0.15) is 22.3 Å². The van der Waals surface area contributed by atoms with Gasteiger partial charge in [0.1, 0.15) is 18.2 Å². The van der Waals surface area contributed by atoms with E-state index in [0.717, 1.165) is 26.9 Å². The first-order valence-electron chi connectivity index (χ1n) is 6.24. The molecule has 0 aliphatic rings.